The molecule has 0 fully saturated rings. The van der Waals surface area contributed by atoms with Crippen molar-refractivity contribution in [3.05, 3.63) is 92.9 Å². The Bertz CT molecular complexity index is 1250. The number of nitrogens with one attached hydrogen (secondary N) is 1. The summed E-state index contributed by atoms with van der Waals surface area (Å²) in [5, 5.41) is 5.55. The zero-order chi connectivity index (χ0) is 25.1. The van der Waals surface area contributed by atoms with E-state index in [2.05, 4.69) is 11.4 Å². The number of hydrogen-bond acceptors (Lipinski definition) is 6. The number of methoxy groups -OCH3 is 1. The average Bonchev–Trinajstić information content (AvgIpc) is 3.24. The van der Waals surface area contributed by atoms with Gasteiger partial charge in [0.25, 0.3) is 0 Å². The van der Waals surface area contributed by atoms with Crippen LogP contribution >= 0.6 is 11.8 Å². The van der Waals surface area contributed by atoms with E-state index >= 15 is 0 Å². The summed E-state index contributed by atoms with van der Waals surface area (Å²) in [6, 6.07) is 11.7. The van der Waals surface area contributed by atoms with Gasteiger partial charge in [-0.25, -0.2) is 14.2 Å². The van der Waals surface area contributed by atoms with E-state index in [4.69, 9.17) is 9.73 Å². The van der Waals surface area contributed by atoms with Gasteiger partial charge in [0, 0.05) is 12.2 Å². The highest BCUT2D eigenvalue weighted by Gasteiger charge is 2.41. The van der Waals surface area contributed by atoms with Crippen LogP contribution in [0.25, 0.3) is 0 Å². The molecule has 2 aliphatic heterocycles. The fraction of sp³-hybridized carbons (Fsp3) is 0.296. The molecule has 1 N–H and O–H groups in total. The third kappa shape index (κ3) is 5.17. The van der Waals surface area contributed by atoms with Crippen molar-refractivity contribution in [3.8, 4) is 0 Å². The van der Waals surface area contributed by atoms with Crippen LogP contribution in [-0.4, -0.2) is 29.1 Å². The van der Waals surface area contributed by atoms with Gasteiger partial charge in [-0.2, -0.15) is 0 Å². The lowest BCUT2D eigenvalue weighted by molar-refractivity contribution is -0.136. The third-order valence-corrected chi connectivity index (χ3v) is 6.98. The normalized spacial score (nSPS) is 17.1. The van der Waals surface area contributed by atoms with Crippen LogP contribution in [0, 0.1) is 19.7 Å². The second kappa shape index (κ2) is 10.5. The maximum Gasteiger partial charge on any atom is 0.338 e. The molecular formula is C27H28FN3O3S. The van der Waals surface area contributed by atoms with Gasteiger partial charge in [-0.1, -0.05) is 54.6 Å². The van der Waals surface area contributed by atoms with Gasteiger partial charge in [-0.3, -0.25) is 4.79 Å². The van der Waals surface area contributed by atoms with Crippen LogP contribution in [0.1, 0.15) is 48.1 Å². The molecule has 0 saturated carbocycles. The molecule has 0 aliphatic carbocycles. The van der Waals surface area contributed by atoms with Crippen molar-refractivity contribution in [2.45, 2.75) is 46.2 Å². The van der Waals surface area contributed by atoms with Gasteiger partial charge < -0.3 is 15.0 Å². The van der Waals surface area contributed by atoms with Crippen LogP contribution in [-0.2, 0) is 20.9 Å². The number of allylic oxidation sites excluding steroid dienone is 1. The Labute approximate surface area is 209 Å². The Balaban J connectivity index is 1.64. The Hall–Kier alpha value is -3.39. The van der Waals surface area contributed by atoms with Gasteiger partial charge in [0.05, 0.1) is 30.8 Å². The van der Waals surface area contributed by atoms with Crippen molar-refractivity contribution in [1.29, 1.82) is 0 Å². The van der Waals surface area contributed by atoms with Crippen molar-refractivity contribution in [1.82, 2.24) is 10.2 Å². The lowest BCUT2D eigenvalue weighted by atomic mass is 9.89. The second-order valence-corrected chi connectivity index (χ2v) is 9.38. The number of thioether (sulfide) groups is 1. The standard InChI is InChI=1S/C27H28FN3O3S/c1-5-22-24(26(33)34-4)25(21-11-6-16(2)12-17(21)3)31-20(15-35-27(31)30-22)13-23(32)29-14-18-7-9-19(28)10-8-18/h6-12,15,25H,5,13-14H2,1-4H3,(H,29,32)/t25-/m1/s1. The summed E-state index contributed by atoms with van der Waals surface area (Å²) in [5.41, 5.74) is 5.89. The van der Waals surface area contributed by atoms with Crippen molar-refractivity contribution in [2.24, 2.45) is 4.99 Å². The van der Waals surface area contributed by atoms with Crippen molar-refractivity contribution in [3.63, 3.8) is 0 Å². The first-order valence-electron chi connectivity index (χ1n) is 11.5. The summed E-state index contributed by atoms with van der Waals surface area (Å²) < 4.78 is 18.3. The Morgan fingerprint density at radius 1 is 1.17 bits per heavy atom. The number of rotatable bonds is 7. The zero-order valence-corrected chi connectivity index (χ0v) is 21.0. The summed E-state index contributed by atoms with van der Waals surface area (Å²) >= 11 is 1.45. The van der Waals surface area contributed by atoms with Crippen LogP contribution in [0.3, 0.4) is 0 Å². The second-order valence-electron chi connectivity index (χ2n) is 8.54. The molecule has 2 aromatic carbocycles. The molecule has 0 unspecified atom stereocenters. The first kappa shape index (κ1) is 24.7. The SMILES string of the molecule is CCC1=C(C(=O)OC)[C@@H](c2ccc(C)cc2C)N2C(CC(=O)NCc3ccc(F)cc3)=CSC2=N1. The summed E-state index contributed by atoms with van der Waals surface area (Å²) in [5.74, 6) is -0.915. The molecule has 8 heteroatoms. The number of nitrogens with zero attached hydrogens (tertiary/aromatic N) is 2. The van der Waals surface area contributed by atoms with Crippen molar-refractivity contribution >= 4 is 28.8 Å². The molecule has 2 aromatic rings. The highest BCUT2D eigenvalue weighted by Crippen LogP contribution is 2.46. The number of carbonyl (C=O) groups is 2. The van der Waals surface area contributed by atoms with E-state index < -0.39 is 12.0 Å². The van der Waals surface area contributed by atoms with E-state index in [0.717, 1.165) is 33.1 Å². The Kier molecular flexibility index (Phi) is 7.40. The van der Waals surface area contributed by atoms with E-state index in [1.165, 1.54) is 31.0 Å². The topological polar surface area (TPSA) is 71.0 Å². The quantitative estimate of drug-likeness (QED) is 0.531. The van der Waals surface area contributed by atoms with Gasteiger partial charge >= 0.3 is 5.97 Å². The summed E-state index contributed by atoms with van der Waals surface area (Å²) in [4.78, 5) is 32.6. The van der Waals surface area contributed by atoms with Crippen molar-refractivity contribution < 1.29 is 18.7 Å². The predicted molar refractivity (Wildman–Crippen MR) is 136 cm³/mol. The number of carbonyl (C=O) groups excluding carboxylic acids is 2. The number of benzene rings is 2. The third-order valence-electron chi connectivity index (χ3n) is 6.09. The van der Waals surface area contributed by atoms with E-state index in [1.807, 2.05) is 43.2 Å². The van der Waals surface area contributed by atoms with Gasteiger partial charge in [0.2, 0.25) is 5.91 Å². The Morgan fingerprint density at radius 2 is 1.91 bits per heavy atom. The molecule has 6 nitrogen and oxygen atoms in total. The smallest absolute Gasteiger partial charge is 0.338 e. The number of amidine groups is 1. The monoisotopic (exact) mass is 493 g/mol. The minimum absolute atomic E-state index is 0.116. The molecule has 0 spiro atoms. The average molecular weight is 494 g/mol. The number of ether oxygens (including phenoxy) is 1. The van der Waals surface area contributed by atoms with E-state index in [1.54, 1.807) is 12.1 Å². The van der Waals surface area contributed by atoms with Gasteiger partial charge in [0.1, 0.15) is 5.82 Å². The first-order valence-corrected chi connectivity index (χ1v) is 12.3. The maximum absolute atomic E-state index is 13.2. The highest BCUT2D eigenvalue weighted by atomic mass is 32.2. The minimum Gasteiger partial charge on any atom is -0.466 e. The number of aliphatic imine (C=N–C) groups is 1. The van der Waals surface area contributed by atoms with Crippen LogP contribution < -0.4 is 5.32 Å². The van der Waals surface area contributed by atoms with Crippen LogP contribution in [0.15, 0.2) is 69.8 Å². The molecule has 4 rings (SSSR count). The number of aryl methyl sites for hydroxylation is 2. The molecule has 0 radical (unpaired) electrons. The number of halogens is 1. The van der Waals surface area contributed by atoms with E-state index in [-0.39, 0.29) is 18.1 Å². The van der Waals surface area contributed by atoms with Crippen molar-refractivity contribution in [2.75, 3.05) is 7.11 Å². The molecule has 0 bridgehead atoms. The fourth-order valence-corrected chi connectivity index (χ4v) is 5.31. The minimum atomic E-state index is -0.448. The molecule has 2 heterocycles. The lowest BCUT2D eigenvalue weighted by Crippen LogP contribution is -2.38. The maximum atomic E-state index is 13.2. The summed E-state index contributed by atoms with van der Waals surface area (Å²) in [7, 11) is 1.37. The van der Waals surface area contributed by atoms with E-state index in [9.17, 15) is 14.0 Å². The predicted octanol–water partition coefficient (Wildman–Crippen LogP) is 5.29. The largest absolute Gasteiger partial charge is 0.466 e. The molecule has 1 amide bonds. The fourth-order valence-electron chi connectivity index (χ4n) is 4.37. The molecule has 1 atom stereocenters. The number of esters is 1. The molecular weight excluding hydrogens is 465 g/mol. The lowest BCUT2D eigenvalue weighted by Gasteiger charge is -2.37. The molecule has 0 saturated heterocycles. The zero-order valence-electron chi connectivity index (χ0n) is 20.2. The van der Waals surface area contributed by atoms with Gasteiger partial charge in [-0.05, 0) is 54.5 Å². The van der Waals surface area contributed by atoms with E-state index in [0.29, 0.717) is 24.2 Å². The molecule has 182 valence electrons. The number of fused-ring (bicyclic) bond motifs is 1. The Morgan fingerprint density at radius 3 is 2.57 bits per heavy atom. The highest BCUT2D eigenvalue weighted by molar-refractivity contribution is 8.16. The molecule has 0 aromatic heterocycles. The number of amides is 1. The molecule has 2 aliphatic rings. The van der Waals surface area contributed by atoms with Gasteiger partial charge in [-0.15, -0.1) is 0 Å². The van der Waals surface area contributed by atoms with Crippen LogP contribution in [0.4, 0.5) is 4.39 Å². The summed E-state index contributed by atoms with van der Waals surface area (Å²) in [6.07, 6.45) is 0.696. The first-order chi connectivity index (χ1) is 16.8. The van der Waals surface area contributed by atoms with Crippen LogP contribution in [0.2, 0.25) is 0 Å². The van der Waals surface area contributed by atoms with Gasteiger partial charge in [0.15, 0.2) is 5.17 Å². The van der Waals surface area contributed by atoms with Crippen LogP contribution in [0.5, 0.6) is 0 Å². The molecule has 35 heavy (non-hydrogen) atoms. The summed E-state index contributed by atoms with van der Waals surface area (Å²) in [6.45, 7) is 6.32. The number of hydrogen-bond donors (Lipinski definition) is 1.